The van der Waals surface area contributed by atoms with Crippen LogP contribution in [-0.2, 0) is 22.8 Å². The Kier molecular flexibility index (Phi) is 8.53. The lowest BCUT2D eigenvalue weighted by atomic mass is 10.2. The molecule has 1 aromatic heterocycles. The van der Waals surface area contributed by atoms with E-state index in [4.69, 9.17) is 0 Å². The topological polar surface area (TPSA) is 59.8 Å². The number of carbonyl (C=O) groups is 1. The van der Waals surface area contributed by atoms with Gasteiger partial charge in [-0.1, -0.05) is 64.1 Å². The van der Waals surface area contributed by atoms with Gasteiger partial charge >= 0.3 is 0 Å². The van der Waals surface area contributed by atoms with Crippen molar-refractivity contribution in [3.8, 4) is 0 Å². The minimum absolute atomic E-state index is 0.0991. The molecule has 0 unspecified atom stereocenters. The zero-order valence-electron chi connectivity index (χ0n) is 16.1. The van der Waals surface area contributed by atoms with E-state index in [1.807, 2.05) is 22.8 Å². The zero-order valence-corrected chi connectivity index (χ0v) is 19.3. The van der Waals surface area contributed by atoms with Gasteiger partial charge in [0.15, 0.2) is 5.16 Å². The minimum atomic E-state index is -0.490. The van der Waals surface area contributed by atoms with Crippen LogP contribution < -0.4 is 5.32 Å². The molecule has 1 heterocycles. The first kappa shape index (κ1) is 22.6. The van der Waals surface area contributed by atoms with Crippen molar-refractivity contribution in [2.45, 2.75) is 23.2 Å². The van der Waals surface area contributed by atoms with Gasteiger partial charge in [0, 0.05) is 16.8 Å². The third-order valence-corrected chi connectivity index (χ3v) is 6.45. The molecule has 2 aromatic carbocycles. The molecule has 0 saturated heterocycles. The fourth-order valence-corrected chi connectivity index (χ4v) is 4.61. The van der Waals surface area contributed by atoms with Crippen molar-refractivity contribution in [2.24, 2.45) is 0 Å². The maximum Gasteiger partial charge on any atom is 0.234 e. The van der Waals surface area contributed by atoms with Crippen molar-refractivity contribution in [1.82, 2.24) is 14.8 Å². The summed E-state index contributed by atoms with van der Waals surface area (Å²) in [6, 6.07) is 14.7. The van der Waals surface area contributed by atoms with Gasteiger partial charge in [0.2, 0.25) is 5.91 Å². The largest absolute Gasteiger partial charge is 0.323 e. The summed E-state index contributed by atoms with van der Waals surface area (Å²) in [4.78, 5) is 12.2. The van der Waals surface area contributed by atoms with Crippen LogP contribution in [0, 0.1) is 5.82 Å². The van der Waals surface area contributed by atoms with Crippen molar-refractivity contribution in [3.05, 3.63) is 82.9 Å². The highest BCUT2D eigenvalue weighted by atomic mass is 79.9. The molecule has 0 aliphatic heterocycles. The molecular weight excluding hydrogens is 487 g/mol. The predicted molar refractivity (Wildman–Crippen MR) is 125 cm³/mol. The number of nitrogens with zero attached hydrogens (tertiary/aromatic N) is 3. The highest BCUT2D eigenvalue weighted by molar-refractivity contribution is 9.10. The van der Waals surface area contributed by atoms with Crippen LogP contribution in [0.25, 0.3) is 0 Å². The van der Waals surface area contributed by atoms with E-state index in [1.165, 1.54) is 29.5 Å². The number of hydrogen-bond donors (Lipinski definition) is 1. The number of hydrogen-bond acceptors (Lipinski definition) is 5. The first-order chi connectivity index (χ1) is 14.6. The quantitative estimate of drug-likeness (QED) is 0.289. The van der Waals surface area contributed by atoms with Gasteiger partial charge in [0.25, 0.3) is 0 Å². The van der Waals surface area contributed by atoms with Crippen molar-refractivity contribution < 1.29 is 9.18 Å². The second kappa shape index (κ2) is 11.3. The van der Waals surface area contributed by atoms with Gasteiger partial charge in [0.1, 0.15) is 11.6 Å². The number of nitrogens with one attached hydrogen (secondary N) is 1. The number of benzene rings is 2. The lowest BCUT2D eigenvalue weighted by molar-refractivity contribution is -0.113. The molecule has 5 nitrogen and oxygen atoms in total. The molecule has 0 radical (unpaired) electrons. The number of rotatable bonds is 10. The summed E-state index contributed by atoms with van der Waals surface area (Å²) in [5.74, 6) is 1.71. The van der Waals surface area contributed by atoms with Gasteiger partial charge in [-0.2, -0.15) is 0 Å². The Morgan fingerprint density at radius 1 is 1.20 bits per heavy atom. The van der Waals surface area contributed by atoms with Gasteiger partial charge in [-0.3, -0.25) is 4.79 Å². The Hall–Kier alpha value is -2.10. The average molecular weight is 507 g/mol. The summed E-state index contributed by atoms with van der Waals surface area (Å²) in [5.41, 5.74) is 1.40. The monoisotopic (exact) mass is 506 g/mol. The van der Waals surface area contributed by atoms with Crippen LogP contribution in [0.3, 0.4) is 0 Å². The van der Waals surface area contributed by atoms with Gasteiger partial charge in [-0.15, -0.1) is 28.5 Å². The van der Waals surface area contributed by atoms with E-state index in [1.54, 1.807) is 23.9 Å². The zero-order chi connectivity index (χ0) is 21.3. The highest BCUT2D eigenvalue weighted by Gasteiger charge is 2.14. The molecule has 0 atom stereocenters. The van der Waals surface area contributed by atoms with Crippen LogP contribution >= 0.6 is 39.5 Å². The first-order valence-corrected chi connectivity index (χ1v) is 12.0. The Morgan fingerprint density at radius 2 is 2.00 bits per heavy atom. The molecule has 156 valence electrons. The molecule has 0 aliphatic rings. The van der Waals surface area contributed by atoms with Gasteiger partial charge in [0.05, 0.1) is 17.2 Å². The summed E-state index contributed by atoms with van der Waals surface area (Å²) >= 11 is 6.21. The van der Waals surface area contributed by atoms with E-state index in [-0.39, 0.29) is 17.3 Å². The summed E-state index contributed by atoms with van der Waals surface area (Å²) < 4.78 is 16.5. The van der Waals surface area contributed by atoms with E-state index < -0.39 is 5.82 Å². The number of carbonyl (C=O) groups excluding carboxylic acids is 1. The second-order valence-electron chi connectivity index (χ2n) is 6.24. The molecule has 9 heteroatoms. The maximum absolute atomic E-state index is 13.9. The fourth-order valence-electron chi connectivity index (χ4n) is 2.59. The fraction of sp³-hybridized carbons (Fsp3) is 0.190. The maximum atomic E-state index is 13.9. The molecule has 0 fully saturated rings. The molecule has 0 bridgehead atoms. The Bertz CT molecular complexity index is 1010. The van der Waals surface area contributed by atoms with Crippen molar-refractivity contribution in [3.63, 3.8) is 0 Å². The number of allylic oxidation sites excluding steroid dienone is 1. The van der Waals surface area contributed by atoms with E-state index >= 15 is 0 Å². The van der Waals surface area contributed by atoms with Crippen LogP contribution in [-0.4, -0.2) is 26.4 Å². The minimum Gasteiger partial charge on any atom is -0.323 e. The van der Waals surface area contributed by atoms with E-state index in [0.717, 1.165) is 11.6 Å². The molecule has 3 aromatic rings. The molecule has 0 spiro atoms. The van der Waals surface area contributed by atoms with Crippen LogP contribution in [0.15, 0.2) is 70.8 Å². The molecule has 30 heavy (non-hydrogen) atoms. The Balaban J connectivity index is 1.57. The van der Waals surface area contributed by atoms with Crippen LogP contribution in [0.2, 0.25) is 0 Å². The van der Waals surface area contributed by atoms with Crippen molar-refractivity contribution in [2.75, 3.05) is 11.1 Å². The van der Waals surface area contributed by atoms with Gasteiger partial charge < -0.3 is 9.88 Å². The molecule has 0 aliphatic carbocycles. The molecule has 1 N–H and O–H groups in total. The van der Waals surface area contributed by atoms with E-state index in [9.17, 15) is 9.18 Å². The lowest BCUT2D eigenvalue weighted by Crippen LogP contribution is -2.15. The summed E-state index contributed by atoms with van der Waals surface area (Å²) in [5, 5.41) is 11.7. The normalized spacial score (nSPS) is 10.7. The van der Waals surface area contributed by atoms with Gasteiger partial charge in [-0.25, -0.2) is 4.39 Å². The summed E-state index contributed by atoms with van der Waals surface area (Å²) in [6.45, 7) is 4.35. The molecular formula is C21H20BrFN4OS2. The Labute approximate surface area is 191 Å². The van der Waals surface area contributed by atoms with Crippen molar-refractivity contribution >= 4 is 51.0 Å². The third-order valence-electron chi connectivity index (χ3n) is 3.99. The van der Waals surface area contributed by atoms with Gasteiger partial charge in [-0.05, 0) is 23.8 Å². The first-order valence-electron chi connectivity index (χ1n) is 9.09. The summed E-state index contributed by atoms with van der Waals surface area (Å²) in [6.07, 6.45) is 1.77. The van der Waals surface area contributed by atoms with Crippen LogP contribution in [0.4, 0.5) is 10.1 Å². The molecule has 1 amide bonds. The number of halogens is 2. The molecule has 0 saturated carbocycles. The molecule has 3 rings (SSSR count). The average Bonchev–Trinajstić information content (AvgIpc) is 3.11. The highest BCUT2D eigenvalue weighted by Crippen LogP contribution is 2.23. The summed E-state index contributed by atoms with van der Waals surface area (Å²) in [7, 11) is 0. The van der Waals surface area contributed by atoms with E-state index in [2.05, 4.69) is 50.2 Å². The number of thioether (sulfide) groups is 2. The lowest BCUT2D eigenvalue weighted by Gasteiger charge is -2.09. The third kappa shape index (κ3) is 6.45. The smallest absolute Gasteiger partial charge is 0.234 e. The standard InChI is InChI=1S/C21H20BrFN4OS2/c1-2-10-27-19(13-29-12-15-6-4-3-5-7-15)25-26-21(27)30-14-20(28)24-18-9-8-16(22)11-17(18)23/h2-9,11H,1,10,12-14H2,(H,24,28). The second-order valence-corrected chi connectivity index (χ2v) is 9.08. The Morgan fingerprint density at radius 3 is 2.73 bits per heavy atom. The van der Waals surface area contributed by atoms with Crippen LogP contribution in [0.5, 0.6) is 0 Å². The van der Waals surface area contributed by atoms with Crippen molar-refractivity contribution in [1.29, 1.82) is 0 Å². The SMILES string of the molecule is C=CCn1c(CSCc2ccccc2)nnc1SCC(=O)Nc1ccc(Br)cc1F. The number of amides is 1. The number of anilines is 1. The van der Waals surface area contributed by atoms with E-state index in [0.29, 0.717) is 21.9 Å². The number of aromatic nitrogens is 3. The van der Waals surface area contributed by atoms with Crippen LogP contribution in [0.1, 0.15) is 11.4 Å². The predicted octanol–water partition coefficient (Wildman–Crippen LogP) is 5.53.